The van der Waals surface area contributed by atoms with Gasteiger partial charge in [-0.3, -0.25) is 14.4 Å². The maximum absolute atomic E-state index is 11.7. The first-order valence-electron chi connectivity index (χ1n) is 7.82. The van der Waals surface area contributed by atoms with Gasteiger partial charge in [-0.25, -0.2) is 0 Å². The normalized spacial score (nSPS) is 11.4. The fourth-order valence-electron chi connectivity index (χ4n) is 2.33. The predicted molar refractivity (Wildman–Crippen MR) is 93.3 cm³/mol. The SMILES string of the molecule is CC(=O)OCC(=O)N[C@@H](Cc1ccc(-c2ccccc2)cc1)C(N)=O. The van der Waals surface area contributed by atoms with E-state index in [1.165, 1.54) is 6.92 Å². The van der Waals surface area contributed by atoms with Crippen LogP contribution in [0.15, 0.2) is 54.6 Å². The van der Waals surface area contributed by atoms with Crippen LogP contribution in [0.1, 0.15) is 12.5 Å². The van der Waals surface area contributed by atoms with Crippen LogP contribution in [-0.4, -0.2) is 30.4 Å². The molecule has 0 bridgehead atoms. The van der Waals surface area contributed by atoms with Gasteiger partial charge in [-0.2, -0.15) is 0 Å². The highest BCUT2D eigenvalue weighted by Gasteiger charge is 2.19. The van der Waals surface area contributed by atoms with Crippen molar-refractivity contribution in [3.8, 4) is 11.1 Å². The molecule has 0 spiro atoms. The van der Waals surface area contributed by atoms with Gasteiger partial charge in [0.05, 0.1) is 0 Å². The van der Waals surface area contributed by atoms with Crippen molar-refractivity contribution in [2.45, 2.75) is 19.4 Å². The lowest BCUT2D eigenvalue weighted by Gasteiger charge is -2.15. The molecule has 3 N–H and O–H groups in total. The first kappa shape index (κ1) is 18.2. The molecule has 0 aliphatic carbocycles. The summed E-state index contributed by atoms with van der Waals surface area (Å²) in [4.78, 5) is 34.0. The Morgan fingerprint density at radius 1 is 1.00 bits per heavy atom. The predicted octanol–water partition coefficient (Wildman–Crippen LogP) is 1.43. The van der Waals surface area contributed by atoms with Crippen LogP contribution in [0.3, 0.4) is 0 Å². The second-order valence-corrected chi connectivity index (χ2v) is 5.57. The van der Waals surface area contributed by atoms with Crippen LogP contribution in [0.2, 0.25) is 0 Å². The number of rotatable bonds is 7. The highest BCUT2D eigenvalue weighted by atomic mass is 16.5. The number of nitrogens with two attached hydrogens (primary N) is 1. The lowest BCUT2D eigenvalue weighted by atomic mass is 10.0. The van der Waals surface area contributed by atoms with Gasteiger partial charge >= 0.3 is 5.97 Å². The van der Waals surface area contributed by atoms with Crippen LogP contribution in [0.25, 0.3) is 11.1 Å². The quantitative estimate of drug-likeness (QED) is 0.745. The fraction of sp³-hybridized carbons (Fsp3) is 0.211. The van der Waals surface area contributed by atoms with E-state index < -0.39 is 30.4 Å². The number of amides is 2. The summed E-state index contributed by atoms with van der Waals surface area (Å²) in [6, 6.07) is 16.7. The highest BCUT2D eigenvalue weighted by Crippen LogP contribution is 2.19. The van der Waals surface area contributed by atoms with E-state index in [2.05, 4.69) is 10.1 Å². The van der Waals surface area contributed by atoms with Crippen LogP contribution in [0.4, 0.5) is 0 Å². The molecular formula is C19H20N2O4. The molecule has 0 saturated carbocycles. The van der Waals surface area contributed by atoms with E-state index in [0.717, 1.165) is 16.7 Å². The monoisotopic (exact) mass is 340 g/mol. The van der Waals surface area contributed by atoms with Crippen LogP contribution >= 0.6 is 0 Å². The number of hydrogen-bond donors (Lipinski definition) is 2. The number of carbonyl (C=O) groups excluding carboxylic acids is 3. The van der Waals surface area contributed by atoms with Crippen molar-refractivity contribution in [3.05, 3.63) is 60.2 Å². The number of esters is 1. The molecule has 0 aromatic heterocycles. The van der Waals surface area contributed by atoms with E-state index in [1.807, 2.05) is 54.6 Å². The Hall–Kier alpha value is -3.15. The molecule has 1 atom stereocenters. The topological polar surface area (TPSA) is 98.5 Å². The zero-order valence-electron chi connectivity index (χ0n) is 13.9. The van der Waals surface area contributed by atoms with Crippen molar-refractivity contribution >= 4 is 17.8 Å². The third kappa shape index (κ3) is 5.76. The molecule has 6 nitrogen and oxygen atoms in total. The largest absolute Gasteiger partial charge is 0.456 e. The van der Waals surface area contributed by atoms with Crippen LogP contribution in [-0.2, 0) is 25.5 Å². The first-order valence-corrected chi connectivity index (χ1v) is 7.82. The number of primary amides is 1. The van der Waals surface area contributed by atoms with E-state index >= 15 is 0 Å². The van der Waals surface area contributed by atoms with Crippen molar-refractivity contribution < 1.29 is 19.1 Å². The number of carbonyl (C=O) groups is 3. The van der Waals surface area contributed by atoms with Crippen molar-refractivity contribution in [2.75, 3.05) is 6.61 Å². The van der Waals surface area contributed by atoms with E-state index in [0.29, 0.717) is 0 Å². The van der Waals surface area contributed by atoms with Crippen LogP contribution in [0.5, 0.6) is 0 Å². The average molecular weight is 340 g/mol. The minimum absolute atomic E-state index is 0.260. The van der Waals surface area contributed by atoms with Crippen molar-refractivity contribution in [3.63, 3.8) is 0 Å². The molecule has 2 aromatic carbocycles. The summed E-state index contributed by atoms with van der Waals surface area (Å²) >= 11 is 0. The number of hydrogen-bond acceptors (Lipinski definition) is 4. The third-order valence-electron chi connectivity index (χ3n) is 3.59. The fourth-order valence-corrected chi connectivity index (χ4v) is 2.33. The molecule has 2 aromatic rings. The summed E-state index contributed by atoms with van der Waals surface area (Å²) in [6.45, 7) is 0.763. The van der Waals surface area contributed by atoms with Gasteiger partial charge in [-0.15, -0.1) is 0 Å². The van der Waals surface area contributed by atoms with Gasteiger partial charge in [-0.05, 0) is 16.7 Å². The summed E-state index contributed by atoms with van der Waals surface area (Å²) < 4.78 is 4.60. The van der Waals surface area contributed by atoms with E-state index in [-0.39, 0.29) is 6.42 Å². The van der Waals surface area contributed by atoms with Crippen LogP contribution in [0, 0.1) is 0 Å². The molecular weight excluding hydrogens is 320 g/mol. The lowest BCUT2D eigenvalue weighted by Crippen LogP contribution is -2.47. The minimum atomic E-state index is -0.870. The number of ether oxygens (including phenoxy) is 1. The summed E-state index contributed by atoms with van der Waals surface area (Å²) in [5.74, 6) is -1.79. The van der Waals surface area contributed by atoms with Crippen molar-refractivity contribution in [1.82, 2.24) is 5.32 Å². The Bertz CT molecular complexity index is 742. The molecule has 0 fully saturated rings. The molecule has 130 valence electrons. The van der Waals surface area contributed by atoms with E-state index in [4.69, 9.17) is 5.73 Å². The maximum Gasteiger partial charge on any atom is 0.303 e. The molecule has 2 amide bonds. The minimum Gasteiger partial charge on any atom is -0.456 e. The third-order valence-corrected chi connectivity index (χ3v) is 3.59. The molecule has 0 unspecified atom stereocenters. The van der Waals surface area contributed by atoms with Gasteiger partial charge in [0.1, 0.15) is 6.04 Å². The zero-order valence-corrected chi connectivity index (χ0v) is 13.9. The second kappa shape index (κ2) is 8.63. The van der Waals surface area contributed by atoms with Gasteiger partial charge < -0.3 is 15.8 Å². The summed E-state index contributed by atoms with van der Waals surface area (Å²) in [5, 5.41) is 2.48. The molecule has 0 heterocycles. The Morgan fingerprint density at radius 3 is 2.16 bits per heavy atom. The molecule has 0 radical (unpaired) electrons. The highest BCUT2D eigenvalue weighted by molar-refractivity contribution is 5.88. The first-order chi connectivity index (χ1) is 12.0. The Labute approximate surface area is 146 Å². The smallest absolute Gasteiger partial charge is 0.303 e. The zero-order chi connectivity index (χ0) is 18.2. The van der Waals surface area contributed by atoms with Crippen molar-refractivity contribution in [1.29, 1.82) is 0 Å². The van der Waals surface area contributed by atoms with Gasteiger partial charge in [0, 0.05) is 13.3 Å². The summed E-state index contributed by atoms with van der Waals surface area (Å²) in [5.41, 5.74) is 8.35. The average Bonchev–Trinajstić information content (AvgIpc) is 2.60. The molecule has 6 heteroatoms. The van der Waals surface area contributed by atoms with Gasteiger partial charge in [-0.1, -0.05) is 54.6 Å². The van der Waals surface area contributed by atoms with Gasteiger partial charge in [0.25, 0.3) is 5.91 Å². The molecule has 2 rings (SSSR count). The molecule has 0 saturated heterocycles. The van der Waals surface area contributed by atoms with Gasteiger partial charge in [0.2, 0.25) is 5.91 Å². The lowest BCUT2D eigenvalue weighted by molar-refractivity contribution is -0.146. The molecule has 0 aliphatic heterocycles. The van der Waals surface area contributed by atoms with Crippen LogP contribution < -0.4 is 11.1 Å². The number of benzene rings is 2. The maximum atomic E-state index is 11.7. The Morgan fingerprint density at radius 2 is 1.60 bits per heavy atom. The Balaban J connectivity index is 2.01. The van der Waals surface area contributed by atoms with Crippen molar-refractivity contribution in [2.24, 2.45) is 5.73 Å². The van der Waals surface area contributed by atoms with E-state index in [1.54, 1.807) is 0 Å². The second-order valence-electron chi connectivity index (χ2n) is 5.57. The summed E-state index contributed by atoms with van der Waals surface area (Å²) in [7, 11) is 0. The number of nitrogens with one attached hydrogen (secondary N) is 1. The molecule has 0 aliphatic rings. The Kier molecular flexibility index (Phi) is 6.28. The standard InChI is InChI=1S/C19H20N2O4/c1-13(22)25-12-18(23)21-17(19(20)24)11-14-7-9-16(10-8-14)15-5-3-2-4-6-15/h2-10,17H,11-12H2,1H3,(H2,20,24)(H,21,23)/t17-/m0/s1. The van der Waals surface area contributed by atoms with E-state index in [9.17, 15) is 14.4 Å². The summed E-state index contributed by atoms with van der Waals surface area (Å²) in [6.07, 6.45) is 0.260. The van der Waals surface area contributed by atoms with Gasteiger partial charge in [0.15, 0.2) is 6.61 Å². The molecule has 25 heavy (non-hydrogen) atoms.